The topological polar surface area (TPSA) is 122 Å². The van der Waals surface area contributed by atoms with Crippen molar-refractivity contribution in [2.75, 3.05) is 32.8 Å². The van der Waals surface area contributed by atoms with Crippen molar-refractivity contribution < 1.29 is 38.1 Å². The van der Waals surface area contributed by atoms with Gasteiger partial charge in [0.25, 0.3) is 0 Å². The van der Waals surface area contributed by atoms with Crippen LogP contribution in [0.25, 0.3) is 22.7 Å². The minimum atomic E-state index is -1.11. The van der Waals surface area contributed by atoms with Gasteiger partial charge in [-0.1, -0.05) is 103 Å². The summed E-state index contributed by atoms with van der Waals surface area (Å²) in [6, 6.07) is 34.3. The maximum atomic E-state index is 14.4. The summed E-state index contributed by atoms with van der Waals surface area (Å²) in [6.45, 7) is 0.906. The number of methoxy groups -OCH3 is 2. The molecule has 0 aliphatic heterocycles. The lowest BCUT2D eigenvalue weighted by molar-refractivity contribution is -0.146. The minimum absolute atomic E-state index is 0.0554. The van der Waals surface area contributed by atoms with E-state index in [2.05, 4.69) is 5.32 Å². The third kappa shape index (κ3) is 7.61. The van der Waals surface area contributed by atoms with Crippen molar-refractivity contribution >= 4 is 52.6 Å². The van der Waals surface area contributed by atoms with Gasteiger partial charge in [0.1, 0.15) is 16.8 Å². The van der Waals surface area contributed by atoms with Crippen molar-refractivity contribution in [2.45, 2.75) is 6.92 Å². The molecule has 1 N–H and O–H groups in total. The standard InChI is InChI=1S/C39H33ClN2O8/c1-4-49-30(43)24-50-39(46)36-32(38(45)48-3)31(37(44)47-2)34(27-20-22-28(40)23-21-27)42(36)35(26-16-10-6-11-17-26)33(25-14-8-5-9-15-25)41-29-18-12-7-13-19-29/h5-23,41H,4,24H2,1-3H3/b35-33-. The molecule has 5 rings (SSSR count). The molecule has 0 atom stereocenters. The Balaban J connectivity index is 2.03. The summed E-state index contributed by atoms with van der Waals surface area (Å²) in [5, 5.41) is 3.91. The van der Waals surface area contributed by atoms with Crippen molar-refractivity contribution in [1.82, 2.24) is 4.57 Å². The summed E-state index contributed by atoms with van der Waals surface area (Å²) in [6.07, 6.45) is 0. The molecule has 5 aromatic rings. The molecule has 1 aromatic heterocycles. The van der Waals surface area contributed by atoms with E-state index in [0.717, 1.165) is 14.2 Å². The predicted molar refractivity (Wildman–Crippen MR) is 190 cm³/mol. The molecule has 0 saturated carbocycles. The Morgan fingerprint density at radius 3 is 1.76 bits per heavy atom. The highest BCUT2D eigenvalue weighted by Crippen LogP contribution is 2.41. The SMILES string of the molecule is CCOC(=O)COC(=O)c1c(C(=O)OC)c(C(=O)OC)c(-c2ccc(Cl)cc2)n1/C(=C(\Nc1ccccc1)c1ccccc1)c1ccccc1. The van der Waals surface area contributed by atoms with Crippen LogP contribution >= 0.6 is 11.6 Å². The zero-order valence-corrected chi connectivity index (χ0v) is 28.2. The van der Waals surface area contributed by atoms with E-state index in [9.17, 15) is 19.2 Å². The highest BCUT2D eigenvalue weighted by molar-refractivity contribution is 6.30. The first-order valence-corrected chi connectivity index (χ1v) is 15.9. The molecule has 0 saturated heterocycles. The van der Waals surface area contributed by atoms with Crippen LogP contribution in [0, 0.1) is 0 Å². The first-order chi connectivity index (χ1) is 24.3. The Morgan fingerprint density at radius 1 is 0.660 bits per heavy atom. The molecule has 0 fully saturated rings. The second kappa shape index (κ2) is 16.3. The van der Waals surface area contributed by atoms with Crippen molar-refractivity contribution in [3.05, 3.63) is 148 Å². The van der Waals surface area contributed by atoms with E-state index in [1.807, 2.05) is 91.0 Å². The number of nitrogens with zero attached hydrogens (tertiary/aromatic N) is 1. The number of benzene rings is 4. The lowest BCUT2D eigenvalue weighted by Gasteiger charge is -2.23. The third-order valence-electron chi connectivity index (χ3n) is 7.50. The number of rotatable bonds is 12. The number of nitrogens with one attached hydrogen (secondary N) is 1. The zero-order chi connectivity index (χ0) is 35.6. The van der Waals surface area contributed by atoms with E-state index in [0.29, 0.717) is 38.8 Å². The number of halogens is 1. The summed E-state index contributed by atoms with van der Waals surface area (Å²) in [5.74, 6) is -3.87. The molecule has 0 amide bonds. The van der Waals surface area contributed by atoms with E-state index in [1.165, 1.54) is 4.57 Å². The third-order valence-corrected chi connectivity index (χ3v) is 7.75. The molecule has 10 nitrogen and oxygen atoms in total. The fourth-order valence-corrected chi connectivity index (χ4v) is 5.51. The number of carbonyl (C=O) groups is 4. The van der Waals surface area contributed by atoms with Crippen LogP contribution in [-0.4, -0.2) is 55.9 Å². The highest BCUT2D eigenvalue weighted by Gasteiger charge is 2.39. The van der Waals surface area contributed by atoms with Gasteiger partial charge in [-0.05, 0) is 36.8 Å². The van der Waals surface area contributed by atoms with Crippen molar-refractivity contribution in [2.24, 2.45) is 0 Å². The van der Waals surface area contributed by atoms with E-state index >= 15 is 0 Å². The Hall–Kier alpha value is -6.13. The first kappa shape index (κ1) is 35.2. The Bertz CT molecular complexity index is 2020. The lowest BCUT2D eigenvalue weighted by atomic mass is 10.0. The Morgan fingerprint density at radius 2 is 1.20 bits per heavy atom. The van der Waals surface area contributed by atoms with Gasteiger partial charge in [-0.2, -0.15) is 0 Å². The monoisotopic (exact) mass is 692 g/mol. The Labute approximate surface area is 293 Å². The summed E-state index contributed by atoms with van der Waals surface area (Å²) < 4.78 is 22.3. The van der Waals surface area contributed by atoms with Gasteiger partial charge in [-0.15, -0.1) is 0 Å². The van der Waals surface area contributed by atoms with Crippen LogP contribution in [0.2, 0.25) is 5.02 Å². The number of aromatic nitrogens is 1. The zero-order valence-electron chi connectivity index (χ0n) is 27.5. The average Bonchev–Trinajstić information content (AvgIpc) is 3.50. The number of carbonyl (C=O) groups excluding carboxylic acids is 4. The fourth-order valence-electron chi connectivity index (χ4n) is 5.39. The number of hydrogen-bond acceptors (Lipinski definition) is 9. The van der Waals surface area contributed by atoms with Gasteiger partial charge in [0, 0.05) is 21.8 Å². The van der Waals surface area contributed by atoms with Gasteiger partial charge in [-0.25, -0.2) is 19.2 Å². The van der Waals surface area contributed by atoms with Crippen LogP contribution in [0.15, 0.2) is 115 Å². The van der Waals surface area contributed by atoms with E-state index in [4.69, 9.17) is 30.5 Å². The molecule has 50 heavy (non-hydrogen) atoms. The number of ether oxygens (including phenoxy) is 4. The van der Waals surface area contributed by atoms with E-state index in [1.54, 1.807) is 31.2 Å². The molecule has 11 heteroatoms. The lowest BCUT2D eigenvalue weighted by Crippen LogP contribution is -2.22. The van der Waals surface area contributed by atoms with Crippen LogP contribution in [0.5, 0.6) is 0 Å². The molecule has 4 aromatic carbocycles. The Kier molecular flexibility index (Phi) is 11.5. The van der Waals surface area contributed by atoms with Crippen molar-refractivity contribution in [3.63, 3.8) is 0 Å². The number of esters is 4. The van der Waals surface area contributed by atoms with Gasteiger partial charge in [0.2, 0.25) is 0 Å². The molecule has 254 valence electrons. The summed E-state index contributed by atoms with van der Waals surface area (Å²) in [7, 11) is 2.28. The molecule has 0 aliphatic rings. The van der Waals surface area contributed by atoms with Crippen LogP contribution in [-0.2, 0) is 23.7 Å². The quantitative estimate of drug-likeness (QED) is 0.0801. The highest BCUT2D eigenvalue weighted by atomic mass is 35.5. The van der Waals surface area contributed by atoms with E-state index < -0.39 is 41.7 Å². The van der Waals surface area contributed by atoms with Gasteiger partial charge in [0.05, 0.1) is 37.9 Å². The molecule has 1 heterocycles. The number of hydrogen-bond donors (Lipinski definition) is 1. The number of anilines is 1. The first-order valence-electron chi connectivity index (χ1n) is 15.5. The van der Waals surface area contributed by atoms with Crippen molar-refractivity contribution in [1.29, 1.82) is 0 Å². The second-order valence-electron chi connectivity index (χ2n) is 10.6. The fraction of sp³-hybridized carbons (Fsp3) is 0.128. The summed E-state index contributed by atoms with van der Waals surface area (Å²) >= 11 is 6.29. The van der Waals surface area contributed by atoms with Crippen LogP contribution in [0.1, 0.15) is 49.3 Å². The normalized spacial score (nSPS) is 11.2. The van der Waals surface area contributed by atoms with Crippen molar-refractivity contribution in [3.8, 4) is 11.3 Å². The smallest absolute Gasteiger partial charge is 0.356 e. The van der Waals surface area contributed by atoms with Crippen LogP contribution in [0.4, 0.5) is 5.69 Å². The van der Waals surface area contributed by atoms with Gasteiger partial charge in [-0.3, -0.25) is 4.57 Å². The molecular weight excluding hydrogens is 660 g/mol. The maximum absolute atomic E-state index is 14.4. The molecule has 0 radical (unpaired) electrons. The maximum Gasteiger partial charge on any atom is 0.356 e. The molecule has 0 unspecified atom stereocenters. The number of para-hydroxylation sites is 1. The van der Waals surface area contributed by atoms with Gasteiger partial charge in [0.15, 0.2) is 6.61 Å². The van der Waals surface area contributed by atoms with Gasteiger partial charge >= 0.3 is 23.9 Å². The van der Waals surface area contributed by atoms with Crippen LogP contribution in [0.3, 0.4) is 0 Å². The minimum Gasteiger partial charge on any atom is -0.465 e. The van der Waals surface area contributed by atoms with Crippen LogP contribution < -0.4 is 5.32 Å². The predicted octanol–water partition coefficient (Wildman–Crippen LogP) is 7.59. The van der Waals surface area contributed by atoms with Gasteiger partial charge < -0.3 is 24.3 Å². The summed E-state index contributed by atoms with van der Waals surface area (Å²) in [4.78, 5) is 54.3. The molecular formula is C39H33ClN2O8. The van der Waals surface area contributed by atoms with E-state index in [-0.39, 0.29) is 17.9 Å². The second-order valence-corrected chi connectivity index (χ2v) is 11.0. The molecule has 0 bridgehead atoms. The summed E-state index contributed by atoms with van der Waals surface area (Å²) in [5.41, 5.74) is 2.19. The largest absolute Gasteiger partial charge is 0.465 e. The molecule has 0 spiro atoms. The molecule has 0 aliphatic carbocycles. The average molecular weight is 693 g/mol.